The molecule has 0 aromatic heterocycles. The van der Waals surface area contributed by atoms with Gasteiger partial charge in [-0.2, -0.15) is 0 Å². The van der Waals surface area contributed by atoms with E-state index in [-0.39, 0.29) is 12.0 Å². The Morgan fingerprint density at radius 3 is 2.86 bits per heavy atom. The number of fused-ring (bicyclic) bond motifs is 1. The van der Waals surface area contributed by atoms with E-state index in [0.29, 0.717) is 6.42 Å². The molecule has 76 valence electrons. The molecule has 0 bridgehead atoms. The molecule has 14 heavy (non-hydrogen) atoms. The molecule has 1 aromatic carbocycles. The minimum atomic E-state index is -0.419. The first kappa shape index (κ1) is 9.69. The van der Waals surface area contributed by atoms with Crippen LogP contribution >= 0.6 is 0 Å². The molecule has 1 aliphatic carbocycles. The van der Waals surface area contributed by atoms with Crippen molar-refractivity contribution in [3.8, 4) is 0 Å². The second-order valence-corrected chi connectivity index (χ2v) is 4.56. The molecule has 0 radical (unpaired) electrons. The van der Waals surface area contributed by atoms with Gasteiger partial charge in [-0.1, -0.05) is 31.2 Å². The van der Waals surface area contributed by atoms with Crippen LogP contribution in [0.2, 0.25) is 0 Å². The molecular weight excluding hydrogens is 176 g/mol. The fourth-order valence-corrected chi connectivity index (χ4v) is 2.25. The quantitative estimate of drug-likeness (QED) is 0.710. The number of hydrogen-bond acceptors (Lipinski definition) is 2. The Morgan fingerprint density at radius 1 is 1.43 bits per heavy atom. The summed E-state index contributed by atoms with van der Waals surface area (Å²) in [6, 6.07) is 7.93. The summed E-state index contributed by atoms with van der Waals surface area (Å²) < 4.78 is 0. The third-order valence-electron chi connectivity index (χ3n) is 3.10. The SMILES string of the molecule is CC1(CO)Cc2ccccc2[C@H](O)C1. The Kier molecular flexibility index (Phi) is 2.33. The van der Waals surface area contributed by atoms with E-state index in [0.717, 1.165) is 12.0 Å². The number of hydrogen-bond donors (Lipinski definition) is 2. The maximum atomic E-state index is 9.92. The smallest absolute Gasteiger partial charge is 0.0798 e. The zero-order valence-electron chi connectivity index (χ0n) is 8.40. The van der Waals surface area contributed by atoms with Crippen LogP contribution in [0.3, 0.4) is 0 Å². The average Bonchev–Trinajstić information content (AvgIpc) is 2.18. The van der Waals surface area contributed by atoms with Gasteiger partial charge in [0.1, 0.15) is 0 Å². The Hall–Kier alpha value is -0.860. The van der Waals surface area contributed by atoms with E-state index in [1.165, 1.54) is 5.56 Å². The van der Waals surface area contributed by atoms with E-state index in [1.807, 2.05) is 31.2 Å². The molecule has 0 fully saturated rings. The van der Waals surface area contributed by atoms with Gasteiger partial charge in [0.2, 0.25) is 0 Å². The predicted octanol–water partition coefficient (Wildman–Crippen LogP) is 1.66. The fraction of sp³-hybridized carbons (Fsp3) is 0.500. The van der Waals surface area contributed by atoms with Gasteiger partial charge in [-0.15, -0.1) is 0 Å². The molecule has 1 aromatic rings. The molecule has 0 heterocycles. The highest BCUT2D eigenvalue weighted by Gasteiger charge is 2.33. The van der Waals surface area contributed by atoms with E-state index >= 15 is 0 Å². The van der Waals surface area contributed by atoms with Crippen LogP contribution < -0.4 is 0 Å². The lowest BCUT2D eigenvalue weighted by Gasteiger charge is -2.36. The lowest BCUT2D eigenvalue weighted by atomic mass is 9.72. The summed E-state index contributed by atoms with van der Waals surface area (Å²) in [5.74, 6) is 0. The van der Waals surface area contributed by atoms with Crippen LogP contribution in [-0.4, -0.2) is 16.8 Å². The first-order valence-corrected chi connectivity index (χ1v) is 5.01. The summed E-state index contributed by atoms with van der Waals surface area (Å²) in [5, 5.41) is 19.2. The molecule has 0 saturated carbocycles. The van der Waals surface area contributed by atoms with E-state index in [9.17, 15) is 10.2 Å². The summed E-state index contributed by atoms with van der Waals surface area (Å²) in [4.78, 5) is 0. The summed E-state index contributed by atoms with van der Waals surface area (Å²) in [6.45, 7) is 2.16. The van der Waals surface area contributed by atoms with Crippen molar-refractivity contribution in [1.82, 2.24) is 0 Å². The van der Waals surface area contributed by atoms with Crippen molar-refractivity contribution in [2.45, 2.75) is 25.9 Å². The van der Waals surface area contributed by atoms with Crippen LogP contribution in [0.5, 0.6) is 0 Å². The highest BCUT2D eigenvalue weighted by atomic mass is 16.3. The van der Waals surface area contributed by atoms with Crippen LogP contribution in [0.4, 0.5) is 0 Å². The second-order valence-electron chi connectivity index (χ2n) is 4.56. The van der Waals surface area contributed by atoms with Crippen molar-refractivity contribution in [1.29, 1.82) is 0 Å². The zero-order valence-corrected chi connectivity index (χ0v) is 8.40. The molecule has 2 heteroatoms. The molecule has 2 rings (SSSR count). The van der Waals surface area contributed by atoms with Gasteiger partial charge in [0.25, 0.3) is 0 Å². The predicted molar refractivity (Wildman–Crippen MR) is 54.9 cm³/mol. The van der Waals surface area contributed by atoms with Gasteiger partial charge in [-0.25, -0.2) is 0 Å². The minimum Gasteiger partial charge on any atom is -0.396 e. The molecule has 1 aliphatic rings. The molecule has 0 spiro atoms. The normalized spacial score (nSPS) is 31.2. The van der Waals surface area contributed by atoms with Crippen molar-refractivity contribution in [2.75, 3.05) is 6.61 Å². The zero-order chi connectivity index (χ0) is 10.2. The van der Waals surface area contributed by atoms with Crippen LogP contribution in [0, 0.1) is 5.41 Å². The standard InChI is InChI=1S/C12H16O2/c1-12(8-13)6-9-4-2-3-5-10(9)11(14)7-12/h2-5,11,13-14H,6-8H2,1H3/t11-,12?/m1/s1. The van der Waals surface area contributed by atoms with Crippen LogP contribution in [0.25, 0.3) is 0 Å². The first-order valence-electron chi connectivity index (χ1n) is 5.01. The highest BCUT2D eigenvalue weighted by molar-refractivity contribution is 5.32. The van der Waals surface area contributed by atoms with Crippen molar-refractivity contribution in [2.24, 2.45) is 5.41 Å². The topological polar surface area (TPSA) is 40.5 Å². The van der Waals surface area contributed by atoms with Gasteiger partial charge < -0.3 is 10.2 Å². The van der Waals surface area contributed by atoms with Gasteiger partial charge in [0, 0.05) is 6.61 Å². The lowest BCUT2D eigenvalue weighted by molar-refractivity contribution is 0.0482. The van der Waals surface area contributed by atoms with Gasteiger partial charge in [-0.05, 0) is 29.4 Å². The van der Waals surface area contributed by atoms with Crippen LogP contribution in [0.1, 0.15) is 30.6 Å². The van der Waals surface area contributed by atoms with E-state index < -0.39 is 6.10 Å². The van der Waals surface area contributed by atoms with Crippen LogP contribution in [-0.2, 0) is 6.42 Å². The number of benzene rings is 1. The largest absolute Gasteiger partial charge is 0.396 e. The summed E-state index contributed by atoms with van der Waals surface area (Å²) in [5.41, 5.74) is 2.04. The molecule has 2 N–H and O–H groups in total. The fourth-order valence-electron chi connectivity index (χ4n) is 2.25. The Morgan fingerprint density at radius 2 is 2.14 bits per heavy atom. The summed E-state index contributed by atoms with van der Waals surface area (Å²) in [6.07, 6.45) is 1.09. The van der Waals surface area contributed by atoms with Crippen molar-refractivity contribution < 1.29 is 10.2 Å². The lowest BCUT2D eigenvalue weighted by Crippen LogP contribution is -2.31. The average molecular weight is 192 g/mol. The maximum Gasteiger partial charge on any atom is 0.0798 e. The Labute approximate surface area is 84.2 Å². The van der Waals surface area contributed by atoms with E-state index in [4.69, 9.17) is 0 Å². The van der Waals surface area contributed by atoms with E-state index in [2.05, 4.69) is 0 Å². The van der Waals surface area contributed by atoms with Crippen molar-refractivity contribution in [3.05, 3.63) is 35.4 Å². The monoisotopic (exact) mass is 192 g/mol. The molecule has 1 unspecified atom stereocenters. The first-order chi connectivity index (χ1) is 6.64. The van der Waals surface area contributed by atoms with E-state index in [1.54, 1.807) is 0 Å². The molecule has 0 amide bonds. The van der Waals surface area contributed by atoms with Gasteiger partial charge >= 0.3 is 0 Å². The van der Waals surface area contributed by atoms with Gasteiger partial charge in [0.15, 0.2) is 0 Å². The molecule has 0 aliphatic heterocycles. The Balaban J connectivity index is 2.38. The van der Waals surface area contributed by atoms with Crippen molar-refractivity contribution in [3.63, 3.8) is 0 Å². The molecule has 2 nitrogen and oxygen atoms in total. The summed E-state index contributed by atoms with van der Waals surface area (Å²) in [7, 11) is 0. The third-order valence-corrected chi connectivity index (χ3v) is 3.10. The minimum absolute atomic E-state index is 0.137. The molecular formula is C12H16O2. The Bertz CT molecular complexity index is 335. The summed E-state index contributed by atoms with van der Waals surface area (Å²) >= 11 is 0. The molecule has 0 saturated heterocycles. The van der Waals surface area contributed by atoms with Crippen LogP contribution in [0.15, 0.2) is 24.3 Å². The highest BCUT2D eigenvalue weighted by Crippen LogP contribution is 2.40. The third kappa shape index (κ3) is 1.56. The van der Waals surface area contributed by atoms with Gasteiger partial charge in [-0.3, -0.25) is 0 Å². The number of aliphatic hydroxyl groups excluding tert-OH is 2. The maximum absolute atomic E-state index is 9.92. The van der Waals surface area contributed by atoms with Gasteiger partial charge in [0.05, 0.1) is 6.10 Å². The van der Waals surface area contributed by atoms with Crippen molar-refractivity contribution >= 4 is 0 Å². The number of aliphatic hydroxyl groups is 2. The molecule has 2 atom stereocenters. The second kappa shape index (κ2) is 3.37. The number of rotatable bonds is 1.